The Bertz CT molecular complexity index is 1200. The van der Waals surface area contributed by atoms with E-state index >= 15 is 0 Å². The molecule has 0 bridgehead atoms. The lowest BCUT2D eigenvalue weighted by Crippen LogP contribution is -2.23. The minimum atomic E-state index is -4.87. The van der Waals surface area contributed by atoms with E-state index in [9.17, 15) is 27.2 Å². The number of ether oxygens (including phenoxy) is 1. The van der Waals surface area contributed by atoms with Gasteiger partial charge in [-0.25, -0.2) is 9.18 Å². The molecule has 5 nitrogen and oxygen atoms in total. The second-order valence-electron chi connectivity index (χ2n) is 7.73. The van der Waals surface area contributed by atoms with Gasteiger partial charge >= 0.3 is 12.1 Å². The van der Waals surface area contributed by atoms with Crippen LogP contribution in [0, 0.1) is 5.82 Å². The van der Waals surface area contributed by atoms with E-state index in [1.807, 2.05) is 0 Å². The maximum atomic E-state index is 14.5. The van der Waals surface area contributed by atoms with Gasteiger partial charge in [0, 0.05) is 16.8 Å². The first-order valence-electron chi connectivity index (χ1n) is 10.5. The number of H-pyrrole nitrogens is 1. The van der Waals surface area contributed by atoms with Crippen LogP contribution in [0.15, 0.2) is 42.5 Å². The van der Waals surface area contributed by atoms with E-state index in [0.29, 0.717) is 47.0 Å². The summed E-state index contributed by atoms with van der Waals surface area (Å²) in [5.74, 6) is -3.59. The van der Waals surface area contributed by atoms with Gasteiger partial charge < -0.3 is 4.74 Å². The zero-order valence-corrected chi connectivity index (χ0v) is 17.6. The predicted octanol–water partition coefficient (Wildman–Crippen LogP) is 5.71. The number of aromatic amines is 1. The summed E-state index contributed by atoms with van der Waals surface area (Å²) < 4.78 is 60.0. The van der Waals surface area contributed by atoms with Crippen LogP contribution in [0.4, 0.5) is 17.6 Å². The highest BCUT2D eigenvalue weighted by molar-refractivity contribution is 6.03. The third-order valence-electron chi connectivity index (χ3n) is 5.70. The van der Waals surface area contributed by atoms with Gasteiger partial charge in [-0.15, -0.1) is 0 Å². The Morgan fingerprint density at radius 2 is 1.88 bits per heavy atom. The van der Waals surface area contributed by atoms with E-state index in [1.54, 1.807) is 31.2 Å². The summed E-state index contributed by atoms with van der Waals surface area (Å²) in [6, 6.07) is 8.86. The average Bonchev–Trinajstić information content (AvgIpc) is 3.22. The van der Waals surface area contributed by atoms with Gasteiger partial charge in [0.25, 0.3) is 0 Å². The van der Waals surface area contributed by atoms with Gasteiger partial charge in [0.05, 0.1) is 34.9 Å². The van der Waals surface area contributed by atoms with Crippen molar-refractivity contribution < 1.29 is 31.9 Å². The number of aromatic nitrogens is 2. The number of halogens is 4. The summed E-state index contributed by atoms with van der Waals surface area (Å²) in [6.45, 7) is 1.92. The van der Waals surface area contributed by atoms with Crippen LogP contribution in [-0.4, -0.2) is 28.6 Å². The molecule has 0 aliphatic heterocycles. The number of rotatable bonds is 5. The summed E-state index contributed by atoms with van der Waals surface area (Å²) in [5, 5.41) is 7.16. The number of Topliss-reactive ketones (excluding diaryl/α,β-unsaturated/α-hetero) is 1. The lowest BCUT2D eigenvalue weighted by molar-refractivity contribution is -0.138. The molecule has 1 aromatic heterocycles. The fraction of sp³-hybridized carbons (Fsp3) is 0.292. The monoisotopic (exact) mass is 460 g/mol. The topological polar surface area (TPSA) is 72.0 Å². The zero-order valence-electron chi connectivity index (χ0n) is 17.6. The van der Waals surface area contributed by atoms with Crippen LogP contribution in [-0.2, 0) is 17.3 Å². The van der Waals surface area contributed by atoms with Gasteiger partial charge in [-0.1, -0.05) is 18.2 Å². The molecular weight excluding hydrogens is 440 g/mol. The maximum absolute atomic E-state index is 14.5. The molecule has 0 spiro atoms. The predicted molar refractivity (Wildman–Crippen MR) is 111 cm³/mol. The van der Waals surface area contributed by atoms with Crippen LogP contribution in [0.1, 0.15) is 63.2 Å². The SMILES string of the molecule is CCOC(=O)c1ccc(-c2n[nH]c3c2C(C(=O)c2c(F)cccc2C(F)(F)F)CCC3)cc1. The molecule has 0 saturated carbocycles. The van der Waals surface area contributed by atoms with Gasteiger partial charge in [0.15, 0.2) is 5.78 Å². The molecule has 2 aromatic carbocycles. The number of nitrogens with zero attached hydrogens (tertiary/aromatic N) is 1. The largest absolute Gasteiger partial charge is 0.462 e. The standard InChI is InChI=1S/C24H20F4N2O3/c1-2-33-23(32)14-11-9-13(10-12-14)21-19-15(5-3-8-18(19)29-30-21)22(31)20-16(24(26,27)28)6-4-7-17(20)25/h4,6-7,9-12,15H,2-3,5,8H2,1H3,(H,29,30). The Kier molecular flexibility index (Phi) is 6.05. The zero-order chi connectivity index (χ0) is 23.8. The van der Waals surface area contributed by atoms with Crippen molar-refractivity contribution >= 4 is 11.8 Å². The molecule has 0 fully saturated rings. The third kappa shape index (κ3) is 4.27. The highest BCUT2D eigenvalue weighted by Gasteiger charge is 2.40. The lowest BCUT2D eigenvalue weighted by atomic mass is 9.78. The van der Waals surface area contributed by atoms with Crippen LogP contribution in [0.2, 0.25) is 0 Å². The first-order chi connectivity index (χ1) is 15.7. The minimum absolute atomic E-state index is 0.229. The maximum Gasteiger partial charge on any atom is 0.417 e. The number of alkyl halides is 3. The number of esters is 1. The summed E-state index contributed by atoms with van der Waals surface area (Å²) in [4.78, 5) is 25.2. The number of carbonyl (C=O) groups is 2. The third-order valence-corrected chi connectivity index (χ3v) is 5.70. The van der Waals surface area contributed by atoms with E-state index < -0.39 is 40.8 Å². The molecule has 0 saturated heterocycles. The van der Waals surface area contributed by atoms with E-state index in [1.165, 1.54) is 0 Å². The van der Waals surface area contributed by atoms with E-state index in [4.69, 9.17) is 4.74 Å². The number of hydrogen-bond acceptors (Lipinski definition) is 4. The fourth-order valence-corrected chi connectivity index (χ4v) is 4.23. The number of ketones is 1. The smallest absolute Gasteiger partial charge is 0.417 e. The molecule has 33 heavy (non-hydrogen) atoms. The van der Waals surface area contributed by atoms with E-state index in [-0.39, 0.29) is 13.0 Å². The lowest BCUT2D eigenvalue weighted by Gasteiger charge is -2.24. The van der Waals surface area contributed by atoms with Crippen molar-refractivity contribution in [2.75, 3.05) is 6.61 Å². The number of aryl methyl sites for hydroxylation is 1. The summed E-state index contributed by atoms with van der Waals surface area (Å²) in [6.07, 6.45) is -3.49. The summed E-state index contributed by atoms with van der Waals surface area (Å²) in [7, 11) is 0. The second-order valence-corrected chi connectivity index (χ2v) is 7.73. The van der Waals surface area contributed by atoms with Crippen molar-refractivity contribution in [2.45, 2.75) is 38.3 Å². The number of carbonyl (C=O) groups excluding carboxylic acids is 2. The molecule has 1 N–H and O–H groups in total. The molecule has 4 rings (SSSR count). The van der Waals surface area contributed by atoms with Gasteiger partial charge in [-0.3, -0.25) is 9.89 Å². The van der Waals surface area contributed by atoms with Gasteiger partial charge in [0.1, 0.15) is 5.82 Å². The van der Waals surface area contributed by atoms with Gasteiger partial charge in [-0.2, -0.15) is 18.3 Å². The van der Waals surface area contributed by atoms with Crippen LogP contribution in [0.3, 0.4) is 0 Å². The Morgan fingerprint density at radius 1 is 1.15 bits per heavy atom. The van der Waals surface area contributed by atoms with Crippen molar-refractivity contribution in [2.24, 2.45) is 0 Å². The molecule has 3 aromatic rings. The van der Waals surface area contributed by atoms with E-state index in [0.717, 1.165) is 12.1 Å². The molecule has 1 unspecified atom stereocenters. The molecule has 172 valence electrons. The average molecular weight is 460 g/mol. The molecule has 0 amide bonds. The minimum Gasteiger partial charge on any atom is -0.462 e. The number of nitrogens with one attached hydrogen (secondary N) is 1. The molecule has 1 heterocycles. The first-order valence-corrected chi connectivity index (χ1v) is 10.5. The van der Waals surface area contributed by atoms with Crippen molar-refractivity contribution in [3.8, 4) is 11.3 Å². The van der Waals surface area contributed by atoms with Crippen molar-refractivity contribution in [1.29, 1.82) is 0 Å². The first kappa shape index (κ1) is 22.7. The van der Waals surface area contributed by atoms with Gasteiger partial charge in [0.2, 0.25) is 0 Å². The fourth-order valence-electron chi connectivity index (χ4n) is 4.23. The van der Waals surface area contributed by atoms with Gasteiger partial charge in [-0.05, 0) is 50.5 Å². The van der Waals surface area contributed by atoms with Crippen LogP contribution < -0.4 is 0 Å². The normalized spacial score (nSPS) is 15.7. The van der Waals surface area contributed by atoms with Crippen LogP contribution in [0.25, 0.3) is 11.3 Å². The molecule has 1 aliphatic rings. The second kappa shape index (κ2) is 8.80. The Morgan fingerprint density at radius 3 is 2.55 bits per heavy atom. The Balaban J connectivity index is 1.75. The van der Waals surface area contributed by atoms with E-state index in [2.05, 4.69) is 10.2 Å². The summed E-state index contributed by atoms with van der Waals surface area (Å²) in [5.41, 5.74) is 0.156. The van der Waals surface area contributed by atoms with Crippen LogP contribution >= 0.6 is 0 Å². The van der Waals surface area contributed by atoms with Crippen molar-refractivity contribution in [1.82, 2.24) is 10.2 Å². The van der Waals surface area contributed by atoms with Crippen molar-refractivity contribution in [3.63, 3.8) is 0 Å². The molecule has 1 atom stereocenters. The number of fused-ring (bicyclic) bond motifs is 1. The molecular formula is C24H20F4N2O3. The Hall–Kier alpha value is -3.49. The quantitative estimate of drug-likeness (QED) is 0.301. The highest BCUT2D eigenvalue weighted by Crippen LogP contribution is 2.42. The number of benzene rings is 2. The highest BCUT2D eigenvalue weighted by atomic mass is 19.4. The van der Waals surface area contributed by atoms with Crippen LogP contribution in [0.5, 0.6) is 0 Å². The number of hydrogen-bond donors (Lipinski definition) is 1. The molecule has 0 radical (unpaired) electrons. The Labute approximate surface area is 186 Å². The van der Waals surface area contributed by atoms with Crippen molar-refractivity contribution in [3.05, 3.63) is 76.2 Å². The molecule has 1 aliphatic carbocycles. The molecule has 9 heteroatoms. The summed E-state index contributed by atoms with van der Waals surface area (Å²) >= 11 is 0.